The van der Waals surface area contributed by atoms with Gasteiger partial charge in [0.1, 0.15) is 6.04 Å². The average molecular weight is 400 g/mol. The van der Waals surface area contributed by atoms with Crippen LogP contribution < -0.4 is 11.1 Å². The summed E-state index contributed by atoms with van der Waals surface area (Å²) in [5, 5.41) is 13.4. The quantitative estimate of drug-likeness (QED) is 0.365. The van der Waals surface area contributed by atoms with Crippen LogP contribution in [0.2, 0.25) is 0 Å². The first-order chi connectivity index (χ1) is 13.8. The first-order valence-corrected chi connectivity index (χ1v) is 8.73. The van der Waals surface area contributed by atoms with Crippen molar-refractivity contribution in [3.8, 4) is 0 Å². The summed E-state index contributed by atoms with van der Waals surface area (Å²) >= 11 is 0. The number of hydrogen-bond acceptors (Lipinski definition) is 7. The molecule has 0 radical (unpaired) electrons. The van der Waals surface area contributed by atoms with Gasteiger partial charge >= 0.3 is 5.97 Å². The fraction of sp³-hybridized carbons (Fsp3) is 0.263. The van der Waals surface area contributed by atoms with Gasteiger partial charge in [0.15, 0.2) is 0 Å². The lowest BCUT2D eigenvalue weighted by atomic mass is 9.87. The number of nitro groups is 1. The van der Waals surface area contributed by atoms with Gasteiger partial charge in [-0.1, -0.05) is 12.1 Å². The molecule has 0 bridgehead atoms. The van der Waals surface area contributed by atoms with E-state index in [2.05, 4.69) is 10.3 Å². The topological polar surface area (TPSA) is 155 Å². The Balaban J connectivity index is 2.36. The third-order valence-corrected chi connectivity index (χ3v) is 4.14. The van der Waals surface area contributed by atoms with E-state index >= 15 is 0 Å². The summed E-state index contributed by atoms with van der Waals surface area (Å²) in [5.41, 5.74) is 5.97. The number of pyridine rings is 1. The molecule has 2 aromatic rings. The molecule has 2 atom stereocenters. The zero-order valence-electron chi connectivity index (χ0n) is 15.6. The van der Waals surface area contributed by atoms with Crippen molar-refractivity contribution in [2.75, 3.05) is 6.61 Å². The molecule has 10 heteroatoms. The number of amides is 2. The van der Waals surface area contributed by atoms with Crippen LogP contribution in [0.5, 0.6) is 0 Å². The van der Waals surface area contributed by atoms with Gasteiger partial charge in [0.2, 0.25) is 5.91 Å². The van der Waals surface area contributed by atoms with E-state index < -0.39 is 34.7 Å². The van der Waals surface area contributed by atoms with E-state index in [0.717, 1.165) is 0 Å². The number of esters is 1. The van der Waals surface area contributed by atoms with Gasteiger partial charge < -0.3 is 15.8 Å². The number of nitro benzene ring substituents is 1. The fourth-order valence-corrected chi connectivity index (χ4v) is 2.76. The Morgan fingerprint density at radius 3 is 2.45 bits per heavy atom. The Kier molecular flexibility index (Phi) is 7.35. The average Bonchev–Trinajstić information content (AvgIpc) is 2.71. The summed E-state index contributed by atoms with van der Waals surface area (Å²) in [4.78, 5) is 50.9. The molecule has 0 saturated carbocycles. The number of hydrogen-bond donors (Lipinski definition) is 2. The Labute approximate surface area is 166 Å². The maximum Gasteiger partial charge on any atom is 0.306 e. The van der Waals surface area contributed by atoms with Crippen molar-refractivity contribution < 1.29 is 24.0 Å². The number of carbonyl (C=O) groups excluding carboxylic acids is 3. The van der Waals surface area contributed by atoms with Gasteiger partial charge in [-0.15, -0.1) is 0 Å². The smallest absolute Gasteiger partial charge is 0.306 e. The highest BCUT2D eigenvalue weighted by Crippen LogP contribution is 2.27. The molecule has 10 nitrogen and oxygen atoms in total. The molecule has 152 valence electrons. The number of aromatic nitrogens is 1. The van der Waals surface area contributed by atoms with Gasteiger partial charge in [0.25, 0.3) is 11.6 Å². The number of primary amides is 1. The van der Waals surface area contributed by atoms with Crippen LogP contribution in [-0.2, 0) is 14.3 Å². The summed E-state index contributed by atoms with van der Waals surface area (Å²) in [6.07, 6.45) is 2.55. The molecule has 1 heterocycles. The van der Waals surface area contributed by atoms with E-state index in [4.69, 9.17) is 10.5 Å². The minimum Gasteiger partial charge on any atom is -0.466 e. The SMILES string of the molecule is CCOC(=O)C[C@H](c1ccc([N+](=O)[O-])cc1)[C@H](NC(=O)c1cccnc1)C(N)=O. The van der Waals surface area contributed by atoms with E-state index in [9.17, 15) is 24.5 Å². The second kappa shape index (κ2) is 9.93. The fourth-order valence-electron chi connectivity index (χ4n) is 2.76. The van der Waals surface area contributed by atoms with Crippen LogP contribution in [-0.4, -0.2) is 40.3 Å². The summed E-state index contributed by atoms with van der Waals surface area (Å²) in [5.74, 6) is -2.95. The van der Waals surface area contributed by atoms with Crippen molar-refractivity contribution >= 4 is 23.5 Å². The first-order valence-electron chi connectivity index (χ1n) is 8.73. The number of carbonyl (C=O) groups is 3. The second-order valence-electron chi connectivity index (χ2n) is 6.06. The maximum atomic E-state index is 12.5. The van der Waals surface area contributed by atoms with Crippen molar-refractivity contribution in [3.05, 3.63) is 70.0 Å². The van der Waals surface area contributed by atoms with E-state index in [1.54, 1.807) is 13.0 Å². The molecule has 0 unspecified atom stereocenters. The molecule has 0 saturated heterocycles. The lowest BCUT2D eigenvalue weighted by Gasteiger charge is -2.25. The molecule has 29 heavy (non-hydrogen) atoms. The number of nitrogens with zero attached hydrogens (tertiary/aromatic N) is 2. The summed E-state index contributed by atoms with van der Waals surface area (Å²) in [7, 11) is 0. The molecule has 0 aliphatic heterocycles. The number of benzene rings is 1. The highest BCUT2D eigenvalue weighted by molar-refractivity contribution is 5.97. The minimum atomic E-state index is -1.26. The Morgan fingerprint density at radius 1 is 1.24 bits per heavy atom. The van der Waals surface area contributed by atoms with Gasteiger partial charge in [-0.3, -0.25) is 29.5 Å². The number of rotatable bonds is 9. The van der Waals surface area contributed by atoms with Crippen LogP contribution in [0.25, 0.3) is 0 Å². The minimum absolute atomic E-state index is 0.134. The second-order valence-corrected chi connectivity index (χ2v) is 6.06. The highest BCUT2D eigenvalue weighted by Gasteiger charge is 2.32. The lowest BCUT2D eigenvalue weighted by Crippen LogP contribution is -2.48. The van der Waals surface area contributed by atoms with E-state index in [0.29, 0.717) is 5.56 Å². The molecule has 1 aromatic carbocycles. The number of ether oxygens (including phenoxy) is 1. The molecule has 3 N–H and O–H groups in total. The molecule has 0 fully saturated rings. The zero-order valence-corrected chi connectivity index (χ0v) is 15.6. The standard InChI is InChI=1S/C19H20N4O6/c1-2-29-16(24)10-15(12-5-7-14(8-6-12)23(27)28)17(18(20)25)22-19(26)13-4-3-9-21-11-13/h3-9,11,15,17H,2,10H2,1H3,(H2,20,25)(H,22,26)/t15-,17+/m1/s1. The Bertz CT molecular complexity index is 885. The Morgan fingerprint density at radius 2 is 1.93 bits per heavy atom. The van der Waals surface area contributed by atoms with Crippen molar-refractivity contribution in [3.63, 3.8) is 0 Å². The van der Waals surface area contributed by atoms with Crippen molar-refractivity contribution in [1.29, 1.82) is 0 Å². The summed E-state index contributed by atoms with van der Waals surface area (Å²) < 4.78 is 4.95. The van der Waals surface area contributed by atoms with Crippen LogP contribution in [0, 0.1) is 10.1 Å². The van der Waals surface area contributed by atoms with Crippen LogP contribution in [0.4, 0.5) is 5.69 Å². The van der Waals surface area contributed by atoms with Crippen LogP contribution in [0.15, 0.2) is 48.8 Å². The normalized spacial score (nSPS) is 12.4. The van der Waals surface area contributed by atoms with Crippen molar-refractivity contribution in [2.45, 2.75) is 25.3 Å². The van der Waals surface area contributed by atoms with Gasteiger partial charge in [-0.25, -0.2) is 0 Å². The molecule has 2 rings (SSSR count). The summed E-state index contributed by atoms with van der Waals surface area (Å²) in [6.45, 7) is 1.77. The summed E-state index contributed by atoms with van der Waals surface area (Å²) in [6, 6.07) is 7.12. The molecule has 1 aromatic heterocycles. The molecular weight excluding hydrogens is 380 g/mol. The number of non-ortho nitro benzene ring substituents is 1. The zero-order chi connectivity index (χ0) is 21.4. The van der Waals surface area contributed by atoms with E-state index in [-0.39, 0.29) is 24.3 Å². The van der Waals surface area contributed by atoms with E-state index in [1.807, 2.05) is 0 Å². The van der Waals surface area contributed by atoms with Gasteiger partial charge in [-0.2, -0.15) is 0 Å². The predicted molar refractivity (Wildman–Crippen MR) is 102 cm³/mol. The molecule has 0 aliphatic carbocycles. The van der Waals surface area contributed by atoms with Gasteiger partial charge in [-0.05, 0) is 24.6 Å². The van der Waals surface area contributed by atoms with Crippen molar-refractivity contribution in [1.82, 2.24) is 10.3 Å². The largest absolute Gasteiger partial charge is 0.466 e. The highest BCUT2D eigenvalue weighted by atomic mass is 16.6. The first kappa shape index (κ1) is 21.5. The molecule has 0 aliphatic rings. The third-order valence-electron chi connectivity index (χ3n) is 4.14. The Hall–Kier alpha value is -3.82. The maximum absolute atomic E-state index is 12.5. The van der Waals surface area contributed by atoms with Crippen LogP contribution >= 0.6 is 0 Å². The van der Waals surface area contributed by atoms with Crippen LogP contribution in [0.3, 0.4) is 0 Å². The predicted octanol–water partition coefficient (Wildman–Crippen LogP) is 1.31. The number of nitrogens with two attached hydrogens (primary N) is 1. The molecule has 0 spiro atoms. The molecular formula is C19H20N4O6. The number of nitrogens with one attached hydrogen (secondary N) is 1. The van der Waals surface area contributed by atoms with Crippen molar-refractivity contribution in [2.24, 2.45) is 5.73 Å². The van der Waals surface area contributed by atoms with Crippen LogP contribution in [0.1, 0.15) is 35.2 Å². The lowest BCUT2D eigenvalue weighted by molar-refractivity contribution is -0.384. The monoisotopic (exact) mass is 400 g/mol. The van der Waals surface area contributed by atoms with Gasteiger partial charge in [0, 0.05) is 30.4 Å². The van der Waals surface area contributed by atoms with Gasteiger partial charge in [0.05, 0.1) is 23.5 Å². The molecule has 2 amide bonds. The third kappa shape index (κ3) is 5.83. The van der Waals surface area contributed by atoms with E-state index in [1.165, 1.54) is 42.7 Å².